The number of aryl methyl sites for hydroxylation is 1. The van der Waals surface area contributed by atoms with Gasteiger partial charge < -0.3 is 14.2 Å². The number of hydrogen-bond donors (Lipinski definition) is 0. The second-order valence-electron chi connectivity index (χ2n) is 6.78. The van der Waals surface area contributed by atoms with Gasteiger partial charge >= 0.3 is 0 Å². The van der Waals surface area contributed by atoms with E-state index in [1.165, 1.54) is 0 Å². The molecular weight excluding hydrogens is 322 g/mol. The first-order chi connectivity index (χ1) is 12.2. The molecule has 0 atom stereocenters. The first kappa shape index (κ1) is 16.3. The zero-order valence-corrected chi connectivity index (χ0v) is 14.4. The lowest BCUT2D eigenvalue weighted by Crippen LogP contribution is -2.38. The maximum absolute atomic E-state index is 12.5. The Kier molecular flexibility index (Phi) is 4.52. The Hall–Kier alpha value is -2.22. The number of rotatable bonds is 3. The quantitative estimate of drug-likeness (QED) is 0.842. The van der Waals surface area contributed by atoms with Gasteiger partial charge in [-0.15, -0.1) is 0 Å². The fraction of sp³-hybridized carbons (Fsp3) is 0.647. The van der Waals surface area contributed by atoms with Crippen LogP contribution in [-0.2, 0) is 11.8 Å². The monoisotopic (exact) mass is 345 g/mol. The van der Waals surface area contributed by atoms with Crippen molar-refractivity contribution >= 4 is 5.91 Å². The van der Waals surface area contributed by atoms with Crippen molar-refractivity contribution in [3.8, 4) is 0 Å². The number of amides is 1. The Balaban J connectivity index is 1.36. The van der Waals surface area contributed by atoms with Crippen LogP contribution >= 0.6 is 0 Å². The predicted octanol–water partition coefficient (Wildman–Crippen LogP) is 1.72. The van der Waals surface area contributed by atoms with E-state index in [-0.39, 0.29) is 11.8 Å². The second kappa shape index (κ2) is 6.95. The highest BCUT2D eigenvalue weighted by Gasteiger charge is 2.30. The molecule has 0 spiro atoms. The first-order valence-corrected chi connectivity index (χ1v) is 8.91. The lowest BCUT2D eigenvalue weighted by atomic mass is 9.96. The fourth-order valence-electron chi connectivity index (χ4n) is 3.61. The van der Waals surface area contributed by atoms with Gasteiger partial charge in [-0.3, -0.25) is 9.48 Å². The van der Waals surface area contributed by atoms with E-state index in [9.17, 15) is 4.79 Å². The van der Waals surface area contributed by atoms with Crippen molar-refractivity contribution in [3.05, 3.63) is 29.7 Å². The van der Waals surface area contributed by atoms with E-state index in [0.717, 1.165) is 44.7 Å². The molecule has 8 nitrogen and oxygen atoms in total. The van der Waals surface area contributed by atoms with Crippen LogP contribution in [0.4, 0.5) is 0 Å². The Labute approximate surface area is 146 Å². The number of hydrogen-bond acceptors (Lipinski definition) is 6. The Morgan fingerprint density at radius 2 is 1.92 bits per heavy atom. The summed E-state index contributed by atoms with van der Waals surface area (Å²) in [5.74, 6) is 2.14. The third-order valence-corrected chi connectivity index (χ3v) is 5.22. The molecule has 2 aromatic rings. The number of piperidine rings is 1. The minimum Gasteiger partial charge on any atom is -0.381 e. The normalized spacial score (nSPS) is 20.1. The average molecular weight is 345 g/mol. The number of likely N-dealkylation sites (tertiary alicyclic amines) is 1. The number of aromatic nitrogens is 4. The van der Waals surface area contributed by atoms with Gasteiger partial charge in [0.25, 0.3) is 5.91 Å². The molecule has 2 aliphatic heterocycles. The van der Waals surface area contributed by atoms with Crippen molar-refractivity contribution in [2.75, 3.05) is 26.3 Å². The summed E-state index contributed by atoms with van der Waals surface area (Å²) >= 11 is 0. The van der Waals surface area contributed by atoms with Crippen molar-refractivity contribution in [3.63, 3.8) is 0 Å². The smallest absolute Gasteiger partial charge is 0.272 e. The topological polar surface area (TPSA) is 86.3 Å². The standard InChI is InChI=1S/C17H23N5O3/c1-21-14(2-7-18-21)17(23)22-8-3-13(4-9-22)16-19-15(20-25-16)12-5-10-24-11-6-12/h2,7,12-13H,3-6,8-11H2,1H3. The highest BCUT2D eigenvalue weighted by molar-refractivity contribution is 5.92. The highest BCUT2D eigenvalue weighted by atomic mass is 16.5. The molecule has 2 saturated heterocycles. The van der Waals surface area contributed by atoms with Gasteiger partial charge in [0.2, 0.25) is 5.89 Å². The Bertz CT molecular complexity index is 726. The molecule has 0 N–H and O–H groups in total. The molecular formula is C17H23N5O3. The lowest BCUT2D eigenvalue weighted by Gasteiger charge is -2.30. The lowest BCUT2D eigenvalue weighted by molar-refractivity contribution is 0.0693. The number of carbonyl (C=O) groups excluding carboxylic acids is 1. The van der Waals surface area contributed by atoms with Crippen LogP contribution < -0.4 is 0 Å². The highest BCUT2D eigenvalue weighted by Crippen LogP contribution is 2.30. The average Bonchev–Trinajstić information content (AvgIpc) is 3.31. The maximum Gasteiger partial charge on any atom is 0.272 e. The van der Waals surface area contributed by atoms with Crippen molar-refractivity contribution in [2.24, 2.45) is 7.05 Å². The van der Waals surface area contributed by atoms with Crippen LogP contribution in [0.2, 0.25) is 0 Å². The largest absolute Gasteiger partial charge is 0.381 e. The molecule has 25 heavy (non-hydrogen) atoms. The summed E-state index contributed by atoms with van der Waals surface area (Å²) in [6.45, 7) is 2.93. The molecule has 4 heterocycles. The summed E-state index contributed by atoms with van der Waals surface area (Å²) in [6, 6.07) is 1.76. The first-order valence-electron chi connectivity index (χ1n) is 8.91. The van der Waals surface area contributed by atoms with Crippen molar-refractivity contribution in [1.82, 2.24) is 24.8 Å². The summed E-state index contributed by atoms with van der Waals surface area (Å²) in [5.41, 5.74) is 0.623. The van der Waals surface area contributed by atoms with Gasteiger partial charge in [0, 0.05) is 51.4 Å². The van der Waals surface area contributed by atoms with Gasteiger partial charge in [-0.1, -0.05) is 5.16 Å². The minimum absolute atomic E-state index is 0.0341. The van der Waals surface area contributed by atoms with E-state index < -0.39 is 0 Å². The van der Waals surface area contributed by atoms with E-state index in [1.807, 2.05) is 4.90 Å². The molecule has 2 aliphatic rings. The number of nitrogens with zero attached hydrogens (tertiary/aromatic N) is 5. The van der Waals surface area contributed by atoms with Gasteiger partial charge in [-0.05, 0) is 31.7 Å². The number of ether oxygens (including phenoxy) is 1. The van der Waals surface area contributed by atoms with Crippen LogP contribution in [0.3, 0.4) is 0 Å². The zero-order chi connectivity index (χ0) is 17.2. The van der Waals surface area contributed by atoms with Crippen LogP contribution in [0.15, 0.2) is 16.8 Å². The molecule has 0 radical (unpaired) electrons. The molecule has 0 bridgehead atoms. The van der Waals surface area contributed by atoms with Gasteiger partial charge in [0.05, 0.1) is 0 Å². The Morgan fingerprint density at radius 1 is 1.16 bits per heavy atom. The predicted molar refractivity (Wildman–Crippen MR) is 88.2 cm³/mol. The fourth-order valence-corrected chi connectivity index (χ4v) is 3.61. The third-order valence-electron chi connectivity index (χ3n) is 5.22. The van der Waals surface area contributed by atoms with Gasteiger partial charge in [-0.2, -0.15) is 10.1 Å². The molecule has 2 fully saturated rings. The molecule has 4 rings (SSSR count). The van der Waals surface area contributed by atoms with E-state index in [2.05, 4.69) is 15.2 Å². The molecule has 0 saturated carbocycles. The second-order valence-corrected chi connectivity index (χ2v) is 6.78. The zero-order valence-electron chi connectivity index (χ0n) is 14.4. The van der Waals surface area contributed by atoms with Crippen LogP contribution in [0.5, 0.6) is 0 Å². The van der Waals surface area contributed by atoms with Crippen LogP contribution in [0.1, 0.15) is 59.7 Å². The molecule has 2 aromatic heterocycles. The summed E-state index contributed by atoms with van der Waals surface area (Å²) in [6.07, 6.45) is 5.25. The summed E-state index contributed by atoms with van der Waals surface area (Å²) in [7, 11) is 1.79. The summed E-state index contributed by atoms with van der Waals surface area (Å²) < 4.78 is 12.5. The van der Waals surface area contributed by atoms with Gasteiger partial charge in [-0.25, -0.2) is 0 Å². The van der Waals surface area contributed by atoms with Gasteiger partial charge in [0.15, 0.2) is 5.82 Å². The molecule has 0 unspecified atom stereocenters. The maximum atomic E-state index is 12.5. The van der Waals surface area contributed by atoms with E-state index in [0.29, 0.717) is 30.6 Å². The SMILES string of the molecule is Cn1nccc1C(=O)N1CCC(c2nc(C3CCOCC3)no2)CC1. The molecule has 1 amide bonds. The van der Waals surface area contributed by atoms with Crippen molar-refractivity contribution in [2.45, 2.75) is 37.5 Å². The molecule has 0 aliphatic carbocycles. The van der Waals surface area contributed by atoms with E-state index in [4.69, 9.17) is 9.26 Å². The molecule has 134 valence electrons. The molecule has 0 aromatic carbocycles. The van der Waals surface area contributed by atoms with Crippen LogP contribution in [-0.4, -0.2) is 57.0 Å². The van der Waals surface area contributed by atoms with Gasteiger partial charge in [0.1, 0.15) is 5.69 Å². The summed E-state index contributed by atoms with van der Waals surface area (Å²) in [4.78, 5) is 19.1. The van der Waals surface area contributed by atoms with Crippen LogP contribution in [0, 0.1) is 0 Å². The third kappa shape index (κ3) is 3.30. The van der Waals surface area contributed by atoms with Crippen molar-refractivity contribution in [1.29, 1.82) is 0 Å². The van der Waals surface area contributed by atoms with E-state index in [1.54, 1.807) is 24.0 Å². The number of carbonyl (C=O) groups is 1. The van der Waals surface area contributed by atoms with Crippen molar-refractivity contribution < 1.29 is 14.1 Å². The van der Waals surface area contributed by atoms with Crippen LogP contribution in [0.25, 0.3) is 0 Å². The minimum atomic E-state index is 0.0341. The molecule has 8 heteroatoms. The van der Waals surface area contributed by atoms with E-state index >= 15 is 0 Å². The summed E-state index contributed by atoms with van der Waals surface area (Å²) in [5, 5.41) is 8.26. The Morgan fingerprint density at radius 3 is 2.60 bits per heavy atom.